The molecule has 0 unspecified atom stereocenters. The van der Waals surface area contributed by atoms with Gasteiger partial charge in [-0.25, -0.2) is 0 Å². The van der Waals surface area contributed by atoms with Crippen LogP contribution in [0.4, 0.5) is 5.00 Å². The number of amides is 2. The molecule has 4 aliphatic rings. The number of thiophene rings is 1. The fourth-order valence-electron chi connectivity index (χ4n) is 6.35. The minimum Gasteiger partial charge on any atom is -0.376 e. The first kappa shape index (κ1) is 19.5. The van der Waals surface area contributed by atoms with Gasteiger partial charge in [0.25, 0.3) is 11.8 Å². The van der Waals surface area contributed by atoms with Crippen molar-refractivity contribution >= 4 is 28.2 Å². The van der Waals surface area contributed by atoms with Gasteiger partial charge >= 0.3 is 0 Å². The van der Waals surface area contributed by atoms with E-state index in [4.69, 9.17) is 9.47 Å². The molecule has 2 aliphatic carbocycles. The monoisotopic (exact) mass is 418 g/mol. The van der Waals surface area contributed by atoms with Crippen LogP contribution in [0.25, 0.3) is 0 Å². The average molecular weight is 419 g/mol. The van der Waals surface area contributed by atoms with Crippen molar-refractivity contribution < 1.29 is 19.1 Å². The van der Waals surface area contributed by atoms with Crippen LogP contribution in [0.15, 0.2) is 0 Å². The topological polar surface area (TPSA) is 76.7 Å². The highest BCUT2D eigenvalue weighted by atomic mass is 32.1. The summed E-state index contributed by atoms with van der Waals surface area (Å²) in [5.41, 5.74) is 0.815. The lowest BCUT2D eigenvalue weighted by atomic mass is 9.66. The lowest BCUT2D eigenvalue weighted by Crippen LogP contribution is -2.52. The predicted molar refractivity (Wildman–Crippen MR) is 111 cm³/mol. The number of nitrogens with one attached hydrogen (secondary N) is 2. The van der Waals surface area contributed by atoms with Crippen LogP contribution in [-0.4, -0.2) is 37.2 Å². The number of hydrogen-bond donors (Lipinski definition) is 2. The summed E-state index contributed by atoms with van der Waals surface area (Å²) in [6.07, 6.45) is 4.58. The second-order valence-corrected chi connectivity index (χ2v) is 10.6. The third kappa shape index (κ3) is 2.41. The highest BCUT2D eigenvalue weighted by Crippen LogP contribution is 2.75. The third-order valence-corrected chi connectivity index (χ3v) is 9.50. The van der Waals surface area contributed by atoms with Gasteiger partial charge in [-0.2, -0.15) is 0 Å². The summed E-state index contributed by atoms with van der Waals surface area (Å²) in [6.45, 7) is 8.94. The molecule has 2 N–H and O–H groups in total. The number of ether oxygens (including phenoxy) is 2. The Morgan fingerprint density at radius 1 is 1.31 bits per heavy atom. The van der Waals surface area contributed by atoms with Crippen molar-refractivity contribution in [3.63, 3.8) is 0 Å². The van der Waals surface area contributed by atoms with Crippen molar-refractivity contribution in [2.75, 3.05) is 25.1 Å². The van der Waals surface area contributed by atoms with Crippen LogP contribution < -0.4 is 10.6 Å². The van der Waals surface area contributed by atoms with Gasteiger partial charge in [-0.3, -0.25) is 9.59 Å². The molecule has 158 valence electrons. The van der Waals surface area contributed by atoms with E-state index in [-0.39, 0.29) is 22.6 Å². The summed E-state index contributed by atoms with van der Waals surface area (Å²) in [5.74, 6) is 0.370. The van der Waals surface area contributed by atoms with Gasteiger partial charge in [0.05, 0.1) is 25.4 Å². The summed E-state index contributed by atoms with van der Waals surface area (Å²) in [5, 5.41) is 6.79. The zero-order chi connectivity index (χ0) is 20.4. The number of fused-ring (bicyclic) bond motifs is 1. The Bertz CT molecular complexity index is 882. The minimum absolute atomic E-state index is 0.0741. The van der Waals surface area contributed by atoms with Crippen molar-refractivity contribution in [3.8, 4) is 0 Å². The van der Waals surface area contributed by atoms with Crippen molar-refractivity contribution in [3.05, 3.63) is 16.0 Å². The third-order valence-electron chi connectivity index (χ3n) is 8.37. The molecule has 0 spiro atoms. The summed E-state index contributed by atoms with van der Waals surface area (Å²) in [4.78, 5) is 27.6. The van der Waals surface area contributed by atoms with E-state index in [2.05, 4.69) is 24.5 Å². The van der Waals surface area contributed by atoms with E-state index in [1.165, 1.54) is 17.8 Å². The first-order chi connectivity index (χ1) is 13.9. The summed E-state index contributed by atoms with van der Waals surface area (Å²) in [6, 6.07) is 0. The molecule has 6 nitrogen and oxygen atoms in total. The second kappa shape index (κ2) is 6.53. The van der Waals surface area contributed by atoms with Gasteiger partial charge in [-0.15, -0.1) is 11.3 Å². The van der Waals surface area contributed by atoms with Gasteiger partial charge in [0.1, 0.15) is 5.00 Å². The number of anilines is 1. The van der Waals surface area contributed by atoms with Crippen LogP contribution in [-0.2, 0) is 27.3 Å². The second-order valence-electron chi connectivity index (χ2n) is 9.53. The van der Waals surface area contributed by atoms with E-state index in [0.717, 1.165) is 29.7 Å². The van der Waals surface area contributed by atoms with Crippen LogP contribution in [0.3, 0.4) is 0 Å². The molecule has 2 saturated carbocycles. The standard InChI is InChI=1S/C22H30N2O4S/c1-4-8-23-17(25)16-14-6-9-27-11-15(14)29-18(16)24-19(26)22-10-13-5-7-21(22,3)20(13,2)12-28-22/h13H,4-12H2,1-3H3,(H,23,25)(H,24,26)/t13-,20+,21-,22-/m1/s1. The molecule has 1 aromatic heterocycles. The van der Waals surface area contributed by atoms with E-state index in [1.54, 1.807) is 0 Å². The van der Waals surface area contributed by atoms with Gasteiger partial charge < -0.3 is 20.1 Å². The van der Waals surface area contributed by atoms with Crippen LogP contribution in [0.5, 0.6) is 0 Å². The van der Waals surface area contributed by atoms with Gasteiger partial charge in [-0.05, 0) is 43.6 Å². The molecule has 5 rings (SSSR count). The number of rotatable bonds is 5. The van der Waals surface area contributed by atoms with E-state index >= 15 is 0 Å². The lowest BCUT2D eigenvalue weighted by Gasteiger charge is -2.39. The van der Waals surface area contributed by atoms with Gasteiger partial charge in [0, 0.05) is 22.3 Å². The molecule has 29 heavy (non-hydrogen) atoms. The molecule has 1 aromatic rings. The van der Waals surface area contributed by atoms with Crippen LogP contribution in [0, 0.1) is 16.7 Å². The van der Waals surface area contributed by atoms with E-state index in [9.17, 15) is 9.59 Å². The highest BCUT2D eigenvalue weighted by Gasteiger charge is 2.78. The Kier molecular flexibility index (Phi) is 4.39. The highest BCUT2D eigenvalue weighted by molar-refractivity contribution is 7.17. The van der Waals surface area contributed by atoms with E-state index < -0.39 is 5.60 Å². The zero-order valence-electron chi connectivity index (χ0n) is 17.5. The molecule has 1 saturated heterocycles. The summed E-state index contributed by atoms with van der Waals surface area (Å²) < 4.78 is 11.8. The Morgan fingerprint density at radius 2 is 2.14 bits per heavy atom. The van der Waals surface area contributed by atoms with Crippen molar-refractivity contribution in [2.45, 2.75) is 65.1 Å². The summed E-state index contributed by atoms with van der Waals surface area (Å²) >= 11 is 1.48. The average Bonchev–Trinajstić information content (AvgIpc) is 3.33. The SMILES string of the molecule is CCCNC(=O)c1c(NC(=O)[C@]23C[C@H]4CC[C@]2(C)[C@@]4(C)CO3)sc2c1CCOC2. The molecule has 3 fully saturated rings. The van der Waals surface area contributed by atoms with Crippen molar-refractivity contribution in [1.29, 1.82) is 0 Å². The van der Waals surface area contributed by atoms with Crippen LogP contribution in [0.2, 0.25) is 0 Å². The fraction of sp³-hybridized carbons (Fsp3) is 0.727. The Balaban J connectivity index is 1.47. The van der Waals surface area contributed by atoms with Crippen LogP contribution in [0.1, 0.15) is 67.3 Å². The minimum atomic E-state index is -0.775. The maximum Gasteiger partial charge on any atom is 0.257 e. The fourth-order valence-corrected chi connectivity index (χ4v) is 7.53. The van der Waals surface area contributed by atoms with Crippen molar-refractivity contribution in [2.24, 2.45) is 16.7 Å². The lowest BCUT2D eigenvalue weighted by molar-refractivity contribution is -0.149. The van der Waals surface area contributed by atoms with E-state index in [1.807, 2.05) is 6.92 Å². The smallest absolute Gasteiger partial charge is 0.257 e. The molecule has 2 amide bonds. The number of carbonyl (C=O) groups excluding carboxylic acids is 2. The largest absolute Gasteiger partial charge is 0.376 e. The molecule has 2 aliphatic heterocycles. The normalized spacial score (nSPS) is 36.9. The van der Waals surface area contributed by atoms with Gasteiger partial charge in [-0.1, -0.05) is 20.8 Å². The van der Waals surface area contributed by atoms with Crippen molar-refractivity contribution in [1.82, 2.24) is 5.32 Å². The van der Waals surface area contributed by atoms with Gasteiger partial charge in [0.15, 0.2) is 5.60 Å². The Labute approximate surface area is 175 Å². The van der Waals surface area contributed by atoms with Gasteiger partial charge in [0.2, 0.25) is 0 Å². The summed E-state index contributed by atoms with van der Waals surface area (Å²) in [7, 11) is 0. The molecular formula is C22H30N2O4S. The Hall–Kier alpha value is -1.44. The quantitative estimate of drug-likeness (QED) is 0.767. The maximum absolute atomic E-state index is 13.6. The molecular weight excluding hydrogens is 388 g/mol. The number of hydrogen-bond acceptors (Lipinski definition) is 5. The molecule has 4 bridgehead atoms. The first-order valence-corrected chi connectivity index (χ1v) is 11.6. The van der Waals surface area contributed by atoms with E-state index in [0.29, 0.717) is 49.3 Å². The Morgan fingerprint density at radius 3 is 2.86 bits per heavy atom. The molecule has 0 radical (unpaired) electrons. The number of carbonyl (C=O) groups is 2. The van der Waals surface area contributed by atoms with Crippen LogP contribution >= 0.6 is 11.3 Å². The molecule has 3 heterocycles. The maximum atomic E-state index is 13.6. The molecule has 4 atom stereocenters. The zero-order valence-corrected chi connectivity index (χ0v) is 18.3. The molecule has 0 aromatic carbocycles. The predicted octanol–water partition coefficient (Wildman–Crippen LogP) is 3.49. The molecule has 7 heteroatoms. The first-order valence-electron chi connectivity index (χ1n) is 10.8.